The molecule has 1 N–H and O–H groups in total. The summed E-state index contributed by atoms with van der Waals surface area (Å²) in [6.07, 6.45) is 0.453. The number of nitrogens with one attached hydrogen (secondary N) is 1. The second-order valence-electron chi connectivity index (χ2n) is 7.08. The third-order valence-corrected chi connectivity index (χ3v) is 5.26. The fourth-order valence-electron chi connectivity index (χ4n) is 3.33. The van der Waals surface area contributed by atoms with Gasteiger partial charge < -0.3 is 9.30 Å². The van der Waals surface area contributed by atoms with Gasteiger partial charge in [0.05, 0.1) is 19.1 Å². The molecule has 0 aliphatic carbocycles. The zero-order chi connectivity index (χ0) is 22.1. The van der Waals surface area contributed by atoms with Crippen LogP contribution in [0.4, 0.5) is 8.78 Å². The molecule has 31 heavy (non-hydrogen) atoms. The van der Waals surface area contributed by atoms with Gasteiger partial charge in [-0.3, -0.25) is 9.83 Å². The molecule has 3 aromatic rings. The lowest BCUT2D eigenvalue weighted by atomic mass is 10.00. The summed E-state index contributed by atoms with van der Waals surface area (Å²) in [5, 5.41) is 0.0159. The lowest BCUT2D eigenvalue weighted by Gasteiger charge is -2.28. The molecule has 0 spiro atoms. The molecule has 0 radical (unpaired) electrons. The molecule has 2 aromatic heterocycles. The summed E-state index contributed by atoms with van der Waals surface area (Å²) in [4.78, 5) is 19.1. The monoisotopic (exact) mass is 447 g/mol. The number of hydroxylamine groups is 1. The number of rotatable bonds is 5. The molecular formula is C21H20ClF2N5O2. The predicted molar refractivity (Wildman–Crippen MR) is 112 cm³/mol. The summed E-state index contributed by atoms with van der Waals surface area (Å²) in [6, 6.07) is 7.56. The molecule has 162 valence electrons. The van der Waals surface area contributed by atoms with Crippen LogP contribution in [0.15, 0.2) is 47.8 Å². The molecule has 1 aliphatic heterocycles. The van der Waals surface area contributed by atoms with Gasteiger partial charge in [0.1, 0.15) is 23.5 Å². The number of aliphatic imine (C=N–C) groups is 1. The van der Waals surface area contributed by atoms with Crippen molar-refractivity contribution in [1.29, 1.82) is 0 Å². The van der Waals surface area contributed by atoms with E-state index >= 15 is 0 Å². The van der Waals surface area contributed by atoms with Crippen LogP contribution in [0.1, 0.15) is 41.9 Å². The smallest absolute Gasteiger partial charge is 0.265 e. The Kier molecular flexibility index (Phi) is 5.88. The number of pyridine rings is 1. The first-order valence-electron chi connectivity index (χ1n) is 9.50. The van der Waals surface area contributed by atoms with Crippen LogP contribution >= 0.6 is 11.6 Å². The highest BCUT2D eigenvalue weighted by Crippen LogP contribution is 2.33. The van der Waals surface area contributed by atoms with Crippen molar-refractivity contribution in [2.24, 2.45) is 4.99 Å². The van der Waals surface area contributed by atoms with Crippen molar-refractivity contribution in [2.45, 2.75) is 32.4 Å². The maximum Gasteiger partial charge on any atom is 0.265 e. The highest BCUT2D eigenvalue weighted by Gasteiger charge is 2.28. The van der Waals surface area contributed by atoms with Crippen molar-refractivity contribution in [1.82, 2.24) is 20.0 Å². The van der Waals surface area contributed by atoms with Gasteiger partial charge in [-0.15, -0.1) is 0 Å². The maximum atomic E-state index is 13.3. The number of aromatic nitrogens is 3. The number of amidine groups is 1. The van der Waals surface area contributed by atoms with Crippen molar-refractivity contribution in [3.05, 3.63) is 70.4 Å². The summed E-state index contributed by atoms with van der Waals surface area (Å²) >= 11 is 5.90. The summed E-state index contributed by atoms with van der Waals surface area (Å²) in [7, 11) is 1.52. The third kappa shape index (κ3) is 4.24. The van der Waals surface area contributed by atoms with E-state index in [-0.39, 0.29) is 10.6 Å². The van der Waals surface area contributed by atoms with Crippen LogP contribution in [-0.2, 0) is 4.84 Å². The number of hydrogen-bond acceptors (Lipinski definition) is 6. The van der Waals surface area contributed by atoms with Gasteiger partial charge in [0, 0.05) is 16.8 Å². The number of benzene rings is 1. The van der Waals surface area contributed by atoms with E-state index in [2.05, 4.69) is 20.4 Å². The number of hydrogen-bond donors (Lipinski definition) is 1. The normalized spacial score (nSPS) is 18.6. The van der Waals surface area contributed by atoms with E-state index in [9.17, 15) is 8.78 Å². The van der Waals surface area contributed by atoms with E-state index < -0.39 is 18.6 Å². The Hall–Kier alpha value is -3.04. The lowest BCUT2D eigenvalue weighted by Crippen LogP contribution is -2.38. The standard InChI is InChI=1S/C21H20ClF2N5O2/c1-11-9-29(10-25-11)17-7-6-16(26-21(17)30-3)20-27-18(12(2)31-28-20)13-4-5-15(22)14(8-13)19(23)24/h4-10,12,18-19H,1-3H3,(H,27,28). The number of imidazole rings is 1. The minimum Gasteiger partial charge on any atom is -0.479 e. The number of alkyl halides is 2. The Bertz CT molecular complexity index is 1130. The molecule has 0 saturated heterocycles. The number of halogens is 3. The van der Waals surface area contributed by atoms with Crippen molar-refractivity contribution in [3.8, 4) is 11.6 Å². The second-order valence-corrected chi connectivity index (χ2v) is 7.48. The van der Waals surface area contributed by atoms with Gasteiger partial charge in [-0.1, -0.05) is 17.7 Å². The second kappa shape index (κ2) is 8.60. The molecule has 0 amide bonds. The van der Waals surface area contributed by atoms with E-state index in [0.717, 1.165) is 5.69 Å². The van der Waals surface area contributed by atoms with Gasteiger partial charge in [0.15, 0.2) is 5.84 Å². The molecule has 2 atom stereocenters. The first-order chi connectivity index (χ1) is 14.9. The largest absolute Gasteiger partial charge is 0.479 e. The molecule has 0 bridgehead atoms. The van der Waals surface area contributed by atoms with Gasteiger partial charge in [-0.2, -0.15) is 0 Å². The fourth-order valence-corrected chi connectivity index (χ4v) is 3.53. The SMILES string of the molecule is COc1nc(C2=NC(c3ccc(Cl)c(C(F)F)c3)C(C)ON2)ccc1-n1cnc(C)c1. The highest BCUT2D eigenvalue weighted by atomic mass is 35.5. The number of nitrogens with zero attached hydrogens (tertiary/aromatic N) is 4. The minimum atomic E-state index is -2.68. The first kappa shape index (κ1) is 21.2. The van der Waals surface area contributed by atoms with Crippen LogP contribution in [0.3, 0.4) is 0 Å². The summed E-state index contributed by atoms with van der Waals surface area (Å²) in [6.45, 7) is 3.69. The average Bonchev–Trinajstić information content (AvgIpc) is 3.20. The van der Waals surface area contributed by atoms with E-state index in [0.29, 0.717) is 28.7 Å². The number of ether oxygens (including phenoxy) is 1. The summed E-state index contributed by atoms with van der Waals surface area (Å²) in [5.74, 6) is 0.740. The van der Waals surface area contributed by atoms with Crippen molar-refractivity contribution in [3.63, 3.8) is 0 Å². The Labute approximate surface area is 182 Å². The Morgan fingerprint density at radius 3 is 2.74 bits per heavy atom. The zero-order valence-corrected chi connectivity index (χ0v) is 17.8. The van der Waals surface area contributed by atoms with Crippen LogP contribution in [0.2, 0.25) is 5.02 Å². The molecule has 7 nitrogen and oxygen atoms in total. The van der Waals surface area contributed by atoms with Crippen molar-refractivity contribution in [2.75, 3.05) is 7.11 Å². The molecular weight excluding hydrogens is 428 g/mol. The fraction of sp³-hybridized carbons (Fsp3) is 0.286. The molecule has 3 heterocycles. The molecule has 4 rings (SSSR count). The molecule has 1 aromatic carbocycles. The van der Waals surface area contributed by atoms with Gasteiger partial charge in [0.2, 0.25) is 5.88 Å². The van der Waals surface area contributed by atoms with Gasteiger partial charge in [-0.25, -0.2) is 24.2 Å². The number of methoxy groups -OCH3 is 1. The Morgan fingerprint density at radius 1 is 1.26 bits per heavy atom. The van der Waals surface area contributed by atoms with Crippen LogP contribution < -0.4 is 10.2 Å². The van der Waals surface area contributed by atoms with E-state index in [4.69, 9.17) is 21.2 Å². The quantitative estimate of drug-likeness (QED) is 0.619. The lowest BCUT2D eigenvalue weighted by molar-refractivity contribution is -0.00484. The zero-order valence-electron chi connectivity index (χ0n) is 17.0. The number of aryl methyl sites for hydroxylation is 1. The minimum absolute atomic E-state index is 0.0159. The Morgan fingerprint density at radius 2 is 2.06 bits per heavy atom. The van der Waals surface area contributed by atoms with Crippen LogP contribution in [0.25, 0.3) is 5.69 Å². The van der Waals surface area contributed by atoms with E-state index in [1.54, 1.807) is 25.4 Å². The molecule has 10 heteroatoms. The van der Waals surface area contributed by atoms with Crippen molar-refractivity contribution >= 4 is 17.4 Å². The van der Waals surface area contributed by atoms with Gasteiger partial charge in [0.25, 0.3) is 6.43 Å². The van der Waals surface area contributed by atoms with E-state index in [1.165, 1.54) is 19.2 Å². The molecule has 0 saturated carbocycles. The molecule has 0 fully saturated rings. The third-order valence-electron chi connectivity index (χ3n) is 4.92. The average molecular weight is 448 g/mol. The van der Waals surface area contributed by atoms with Crippen molar-refractivity contribution < 1.29 is 18.4 Å². The summed E-state index contributed by atoms with van der Waals surface area (Å²) in [5.41, 5.74) is 5.19. The van der Waals surface area contributed by atoms with Crippen LogP contribution in [0.5, 0.6) is 5.88 Å². The van der Waals surface area contributed by atoms with Gasteiger partial charge in [-0.05, 0) is 43.7 Å². The predicted octanol–water partition coefficient (Wildman–Crippen LogP) is 4.59. The summed E-state index contributed by atoms with van der Waals surface area (Å²) < 4.78 is 33.8. The Balaban J connectivity index is 1.70. The van der Waals surface area contributed by atoms with E-state index in [1.807, 2.05) is 23.8 Å². The first-order valence-corrected chi connectivity index (χ1v) is 9.88. The van der Waals surface area contributed by atoms with Crippen LogP contribution in [0, 0.1) is 6.92 Å². The van der Waals surface area contributed by atoms with Gasteiger partial charge >= 0.3 is 0 Å². The topological polar surface area (TPSA) is 73.6 Å². The van der Waals surface area contributed by atoms with Crippen LogP contribution in [-0.4, -0.2) is 33.6 Å². The highest BCUT2D eigenvalue weighted by molar-refractivity contribution is 6.31. The molecule has 1 aliphatic rings. The maximum absolute atomic E-state index is 13.3. The molecule has 2 unspecified atom stereocenters.